The number of nitrogens with one attached hydrogen (secondary N) is 1. The van der Waals surface area contributed by atoms with Gasteiger partial charge in [0.05, 0.1) is 35.1 Å². The maximum Gasteiger partial charge on any atom is 0.343 e. The Morgan fingerprint density at radius 2 is 1.97 bits per heavy atom. The molecule has 1 aliphatic carbocycles. The zero-order valence-electron chi connectivity index (χ0n) is 20.1. The summed E-state index contributed by atoms with van der Waals surface area (Å²) in [5.41, 5.74) is 1.89. The maximum absolute atomic E-state index is 13.4. The smallest absolute Gasteiger partial charge is 0.343 e. The van der Waals surface area contributed by atoms with Gasteiger partial charge >= 0.3 is 5.97 Å². The number of carbonyl (C=O) groups excluding carboxylic acids is 1. The van der Waals surface area contributed by atoms with Crippen LogP contribution in [-0.2, 0) is 34.8 Å². The van der Waals surface area contributed by atoms with Gasteiger partial charge in [0.25, 0.3) is 5.56 Å². The quantitative estimate of drug-likeness (QED) is 0.319. The number of hydrogen-bond acceptors (Lipinski definition) is 8. The van der Waals surface area contributed by atoms with Crippen molar-refractivity contribution in [2.24, 2.45) is 0 Å². The van der Waals surface area contributed by atoms with E-state index in [9.17, 15) is 24.9 Å². The van der Waals surface area contributed by atoms with Crippen LogP contribution in [-0.4, -0.2) is 43.0 Å². The first-order valence-corrected chi connectivity index (χ1v) is 12.5. The predicted octanol–water partition coefficient (Wildman–Crippen LogP) is 2.18. The number of fused-ring (bicyclic) bond motifs is 5. The van der Waals surface area contributed by atoms with E-state index in [1.165, 1.54) is 0 Å². The van der Waals surface area contributed by atoms with Crippen molar-refractivity contribution in [2.45, 2.75) is 76.5 Å². The number of cyclic esters (lactones) is 1. The first kappa shape index (κ1) is 23.1. The number of hydrogen-bond donors (Lipinski definition) is 4. The molecule has 4 heterocycles. The molecule has 36 heavy (non-hydrogen) atoms. The van der Waals surface area contributed by atoms with E-state index in [1.54, 1.807) is 29.7 Å². The Morgan fingerprint density at radius 3 is 2.72 bits per heavy atom. The molecule has 4 N–H and O–H groups in total. The van der Waals surface area contributed by atoms with Crippen molar-refractivity contribution < 1.29 is 24.9 Å². The summed E-state index contributed by atoms with van der Waals surface area (Å²) in [6, 6.07) is 7.33. The lowest BCUT2D eigenvalue weighted by atomic mass is 9.86. The largest absolute Gasteiger partial charge is 0.508 e. The molecule has 9 nitrogen and oxygen atoms in total. The molecule has 0 saturated heterocycles. The van der Waals surface area contributed by atoms with Crippen LogP contribution in [0.15, 0.2) is 29.1 Å². The number of aromatic nitrogens is 2. The highest BCUT2D eigenvalue weighted by atomic mass is 16.6. The van der Waals surface area contributed by atoms with Gasteiger partial charge in [-0.1, -0.05) is 6.92 Å². The molecule has 2 aromatic heterocycles. The van der Waals surface area contributed by atoms with E-state index in [1.807, 2.05) is 6.07 Å². The van der Waals surface area contributed by atoms with Crippen LogP contribution >= 0.6 is 0 Å². The molecule has 1 saturated carbocycles. The average molecular weight is 492 g/mol. The number of aliphatic hydroxyl groups excluding tert-OH is 1. The molecule has 1 unspecified atom stereocenters. The minimum Gasteiger partial charge on any atom is -0.508 e. The fraction of sp³-hybridized carbons (Fsp3) is 0.444. The van der Waals surface area contributed by atoms with Gasteiger partial charge in [0.2, 0.25) is 0 Å². The number of esters is 1. The summed E-state index contributed by atoms with van der Waals surface area (Å²) in [6.07, 6.45) is 3.19. The molecule has 1 aromatic carbocycles. The molecule has 188 valence electrons. The molecule has 3 aliphatic rings. The molecule has 3 aromatic rings. The number of phenols is 1. The Kier molecular flexibility index (Phi) is 5.40. The van der Waals surface area contributed by atoms with Crippen molar-refractivity contribution in [3.05, 3.63) is 56.9 Å². The molecule has 1 fully saturated rings. The Hall–Kier alpha value is -3.27. The summed E-state index contributed by atoms with van der Waals surface area (Å²) in [4.78, 5) is 30.6. The molecule has 1 atom stereocenters. The topological polar surface area (TPSA) is 134 Å². The summed E-state index contributed by atoms with van der Waals surface area (Å²) < 4.78 is 6.74. The van der Waals surface area contributed by atoms with Crippen molar-refractivity contribution in [3.63, 3.8) is 0 Å². The van der Waals surface area contributed by atoms with Gasteiger partial charge in [0.15, 0.2) is 5.60 Å². The van der Waals surface area contributed by atoms with Gasteiger partial charge in [0, 0.05) is 34.7 Å². The van der Waals surface area contributed by atoms with Crippen LogP contribution in [0.2, 0.25) is 0 Å². The van der Waals surface area contributed by atoms with Gasteiger partial charge < -0.3 is 29.9 Å². The van der Waals surface area contributed by atoms with Gasteiger partial charge in [0.1, 0.15) is 12.4 Å². The third kappa shape index (κ3) is 3.45. The second-order valence-corrected chi connectivity index (χ2v) is 10.1. The highest BCUT2D eigenvalue weighted by molar-refractivity contribution is 5.89. The standard InChI is InChI=1S/C27H29N3O6/c1-2-27(35)20-10-22-24-14(12-30(22)25(33)19(20)13-36-26(27)34)9-17-18(23(32)8-7-21(17)29-24)11-28-15-3-5-16(31)6-4-15/h7-10,15-16,28,31-32,35H,2-6,11-13H2,1H3. The molecule has 2 aliphatic heterocycles. The molecule has 0 amide bonds. The van der Waals surface area contributed by atoms with Crippen molar-refractivity contribution in [1.82, 2.24) is 14.9 Å². The second-order valence-electron chi connectivity index (χ2n) is 10.1. The number of nitrogens with zero attached hydrogens (tertiary/aromatic N) is 2. The zero-order valence-corrected chi connectivity index (χ0v) is 20.1. The molecular weight excluding hydrogens is 462 g/mol. The number of ether oxygens (including phenoxy) is 1. The second kappa shape index (κ2) is 8.40. The number of phenolic OH excluding ortho intramolecular Hbond substituents is 1. The van der Waals surface area contributed by atoms with Crippen LogP contribution in [0.1, 0.15) is 61.3 Å². The number of aromatic hydroxyl groups is 1. The van der Waals surface area contributed by atoms with Crippen LogP contribution in [0, 0.1) is 0 Å². The Labute approximate surface area is 207 Å². The monoisotopic (exact) mass is 491 g/mol. The highest BCUT2D eigenvalue weighted by Gasteiger charge is 2.45. The number of carbonyl (C=O) groups is 1. The van der Waals surface area contributed by atoms with Crippen LogP contribution in [0.25, 0.3) is 22.3 Å². The van der Waals surface area contributed by atoms with Crippen LogP contribution in [0.3, 0.4) is 0 Å². The van der Waals surface area contributed by atoms with E-state index < -0.39 is 11.6 Å². The number of aliphatic hydroxyl groups is 2. The fourth-order valence-corrected chi connectivity index (χ4v) is 5.81. The summed E-state index contributed by atoms with van der Waals surface area (Å²) in [7, 11) is 0. The minimum absolute atomic E-state index is 0.0926. The molecule has 0 spiro atoms. The molecule has 6 rings (SSSR count). The maximum atomic E-state index is 13.4. The van der Waals surface area contributed by atoms with Gasteiger partial charge in [-0.3, -0.25) is 4.79 Å². The SMILES string of the molecule is CCC1(O)C(=O)OCc2c1cc1n(c2=O)Cc2cc3c(CNC4CCC(O)CC4)c(O)ccc3nc2-1. The van der Waals surface area contributed by atoms with E-state index in [4.69, 9.17) is 9.72 Å². The van der Waals surface area contributed by atoms with Crippen molar-refractivity contribution in [1.29, 1.82) is 0 Å². The molecule has 0 radical (unpaired) electrons. The first-order chi connectivity index (χ1) is 17.3. The number of pyridine rings is 2. The Bertz CT molecular complexity index is 1460. The van der Waals surface area contributed by atoms with E-state index >= 15 is 0 Å². The Morgan fingerprint density at radius 1 is 1.19 bits per heavy atom. The third-order valence-electron chi connectivity index (χ3n) is 8.04. The van der Waals surface area contributed by atoms with Gasteiger partial charge in [-0.2, -0.15) is 0 Å². The van der Waals surface area contributed by atoms with E-state index in [-0.39, 0.29) is 36.5 Å². The fourth-order valence-electron chi connectivity index (χ4n) is 5.81. The number of rotatable bonds is 4. The summed E-state index contributed by atoms with van der Waals surface area (Å²) in [5.74, 6) is -0.564. The predicted molar refractivity (Wildman–Crippen MR) is 131 cm³/mol. The van der Waals surface area contributed by atoms with Gasteiger partial charge in [-0.05, 0) is 56.4 Å². The molecule has 9 heteroatoms. The summed E-state index contributed by atoms with van der Waals surface area (Å²) >= 11 is 0. The normalized spacial score (nSPS) is 24.8. The van der Waals surface area contributed by atoms with Gasteiger partial charge in [-0.25, -0.2) is 9.78 Å². The zero-order chi connectivity index (χ0) is 25.2. The van der Waals surface area contributed by atoms with Crippen LogP contribution < -0.4 is 10.9 Å². The lowest BCUT2D eigenvalue weighted by molar-refractivity contribution is -0.172. The van der Waals surface area contributed by atoms with Crippen molar-refractivity contribution in [2.75, 3.05) is 0 Å². The summed E-state index contributed by atoms with van der Waals surface area (Å²) in [5, 5.41) is 35.8. The van der Waals surface area contributed by atoms with Crippen LogP contribution in [0.5, 0.6) is 5.75 Å². The lowest BCUT2D eigenvalue weighted by Crippen LogP contribution is -2.44. The van der Waals surface area contributed by atoms with Crippen LogP contribution in [0.4, 0.5) is 0 Å². The first-order valence-electron chi connectivity index (χ1n) is 12.5. The van der Waals surface area contributed by atoms with Gasteiger partial charge in [-0.15, -0.1) is 0 Å². The minimum atomic E-state index is -1.86. The molecular formula is C27H29N3O6. The van der Waals surface area contributed by atoms with Crippen molar-refractivity contribution >= 4 is 16.9 Å². The number of benzene rings is 1. The Balaban J connectivity index is 1.41. The molecule has 0 bridgehead atoms. The lowest BCUT2D eigenvalue weighted by Gasteiger charge is -2.31. The third-order valence-corrected chi connectivity index (χ3v) is 8.04. The van der Waals surface area contributed by atoms with E-state index in [0.717, 1.165) is 42.2 Å². The van der Waals surface area contributed by atoms with Crippen molar-refractivity contribution in [3.8, 4) is 17.1 Å². The highest BCUT2D eigenvalue weighted by Crippen LogP contribution is 2.39. The van der Waals surface area contributed by atoms with E-state index in [2.05, 4.69) is 5.32 Å². The average Bonchev–Trinajstić information content (AvgIpc) is 3.24. The van der Waals surface area contributed by atoms with E-state index in [0.29, 0.717) is 41.1 Å². The summed E-state index contributed by atoms with van der Waals surface area (Å²) in [6.45, 7) is 2.29.